The molecule has 0 radical (unpaired) electrons. The van der Waals surface area contributed by atoms with Crippen molar-refractivity contribution < 1.29 is 14.7 Å². The van der Waals surface area contributed by atoms with Crippen molar-refractivity contribution >= 4 is 11.8 Å². The number of hydrogen-bond donors (Lipinski definition) is 5. The summed E-state index contributed by atoms with van der Waals surface area (Å²) in [6, 6.07) is -1.13. The molecule has 0 aliphatic rings. The lowest BCUT2D eigenvalue weighted by Crippen LogP contribution is -2.54. The highest BCUT2D eigenvalue weighted by Crippen LogP contribution is 2.08. The summed E-state index contributed by atoms with van der Waals surface area (Å²) in [6.07, 6.45) is 0.753. The molecule has 0 heterocycles. The summed E-state index contributed by atoms with van der Waals surface area (Å²) in [6.45, 7) is 6.21. The maximum absolute atomic E-state index is 12.0. The van der Waals surface area contributed by atoms with Gasteiger partial charge in [0.15, 0.2) is 0 Å². The number of rotatable bonds is 11. The first-order valence-electron chi connectivity index (χ1n) is 7.50. The Hall–Kier alpha value is -1.18. The summed E-state index contributed by atoms with van der Waals surface area (Å²) in [4.78, 5) is 22.5. The van der Waals surface area contributed by atoms with Crippen LogP contribution in [0.15, 0.2) is 0 Å². The summed E-state index contributed by atoms with van der Waals surface area (Å²) in [5, 5.41) is 18.7. The van der Waals surface area contributed by atoms with E-state index in [1.165, 1.54) is 0 Å². The maximum atomic E-state index is 12.0. The van der Waals surface area contributed by atoms with E-state index in [0.29, 0.717) is 25.8 Å². The Morgan fingerprint density at radius 1 is 1.29 bits per heavy atom. The number of urea groups is 1. The van der Waals surface area contributed by atoms with Crippen LogP contribution >= 0.6 is 0 Å². The summed E-state index contributed by atoms with van der Waals surface area (Å²) >= 11 is 0. The summed E-state index contributed by atoms with van der Waals surface area (Å²) in [5.41, 5.74) is 4.99. The molecule has 0 bridgehead atoms. The third kappa shape index (κ3) is 7.99. The van der Waals surface area contributed by atoms with E-state index in [2.05, 4.69) is 16.0 Å². The number of aliphatic hydroxyl groups excluding tert-OH is 1. The quantitative estimate of drug-likeness (QED) is 0.271. The van der Waals surface area contributed by atoms with E-state index >= 15 is 0 Å². The fourth-order valence-electron chi connectivity index (χ4n) is 2.27. The predicted molar refractivity (Wildman–Crippen MR) is 82.7 cm³/mol. The van der Waals surface area contributed by atoms with Crippen molar-refractivity contribution in [1.82, 2.24) is 16.0 Å². The lowest BCUT2D eigenvalue weighted by molar-refractivity contribution is -0.122. The van der Waals surface area contributed by atoms with E-state index in [1.54, 1.807) is 14.0 Å². The third-order valence-electron chi connectivity index (χ3n) is 3.47. The Morgan fingerprint density at radius 3 is 2.33 bits per heavy atom. The molecule has 6 N–H and O–H groups in total. The highest BCUT2D eigenvalue weighted by molar-refractivity contribution is 5.83. The van der Waals surface area contributed by atoms with Gasteiger partial charge in [0.05, 0.1) is 6.04 Å². The van der Waals surface area contributed by atoms with Gasteiger partial charge in [-0.2, -0.15) is 0 Å². The number of hydrogen-bond acceptors (Lipinski definition) is 5. The molecule has 0 aliphatic heterocycles. The molecule has 0 aromatic heterocycles. The Labute approximate surface area is 127 Å². The first kappa shape index (κ1) is 19.8. The molecular formula is C14H30N4O3. The minimum atomic E-state index is -0.806. The average molecular weight is 302 g/mol. The van der Waals surface area contributed by atoms with Crippen LogP contribution in [0, 0.1) is 5.92 Å². The number of likely N-dealkylation sites (N-methyl/N-ethyl adjacent to an activating group) is 1. The first-order chi connectivity index (χ1) is 9.83. The molecule has 7 heteroatoms. The zero-order valence-electron chi connectivity index (χ0n) is 13.5. The smallest absolute Gasteiger partial charge is 0.312 e. The van der Waals surface area contributed by atoms with Gasteiger partial charge in [-0.3, -0.25) is 10.1 Å². The molecule has 2 amide bonds. The second kappa shape index (κ2) is 10.5. The molecule has 0 saturated carbocycles. The van der Waals surface area contributed by atoms with Crippen LogP contribution in [0.3, 0.4) is 0 Å². The van der Waals surface area contributed by atoms with Crippen LogP contribution in [0.2, 0.25) is 0 Å². The molecule has 0 aromatic rings. The largest absolute Gasteiger partial charge is 0.377 e. The number of aliphatic hydroxyl groups is 1. The number of Topliss-reactive ketones (excluding diaryl/α,β-unsaturated/α-hetero) is 1. The van der Waals surface area contributed by atoms with Gasteiger partial charge in [0.25, 0.3) is 0 Å². The molecule has 0 aromatic carbocycles. The second-order valence-corrected chi connectivity index (χ2v) is 5.48. The Balaban J connectivity index is 4.47. The van der Waals surface area contributed by atoms with Crippen LogP contribution in [0.25, 0.3) is 0 Å². The summed E-state index contributed by atoms with van der Waals surface area (Å²) < 4.78 is 0. The van der Waals surface area contributed by atoms with Gasteiger partial charge in [0.1, 0.15) is 12.0 Å². The number of primary amides is 1. The second-order valence-electron chi connectivity index (χ2n) is 5.48. The van der Waals surface area contributed by atoms with Gasteiger partial charge >= 0.3 is 6.03 Å². The monoisotopic (exact) mass is 302 g/mol. The molecular weight excluding hydrogens is 272 g/mol. The van der Waals surface area contributed by atoms with Crippen LogP contribution in [0.4, 0.5) is 4.79 Å². The van der Waals surface area contributed by atoms with Gasteiger partial charge in [-0.05, 0) is 25.8 Å². The van der Waals surface area contributed by atoms with E-state index < -0.39 is 18.3 Å². The van der Waals surface area contributed by atoms with Gasteiger partial charge < -0.3 is 21.5 Å². The van der Waals surface area contributed by atoms with E-state index in [1.807, 2.05) is 13.8 Å². The summed E-state index contributed by atoms with van der Waals surface area (Å²) in [7, 11) is 1.78. The predicted octanol–water partition coefficient (Wildman–Crippen LogP) is -0.0654. The van der Waals surface area contributed by atoms with Gasteiger partial charge in [-0.15, -0.1) is 0 Å². The Kier molecular flexibility index (Phi) is 9.94. The van der Waals surface area contributed by atoms with Crippen LogP contribution in [-0.2, 0) is 4.79 Å². The molecule has 3 atom stereocenters. The molecule has 21 heavy (non-hydrogen) atoms. The van der Waals surface area contributed by atoms with Crippen LogP contribution in [0.5, 0.6) is 0 Å². The fourth-order valence-corrected chi connectivity index (χ4v) is 2.27. The van der Waals surface area contributed by atoms with Crippen LogP contribution in [-0.4, -0.2) is 48.8 Å². The third-order valence-corrected chi connectivity index (χ3v) is 3.47. The van der Waals surface area contributed by atoms with Crippen molar-refractivity contribution in [2.75, 3.05) is 13.6 Å². The van der Waals surface area contributed by atoms with Gasteiger partial charge in [0.2, 0.25) is 0 Å². The molecule has 3 unspecified atom stereocenters. The SMILES string of the molecule is CCC(=O)C(CCCNC(N)=O)NC(O)C(NC)C(C)C. The normalized spacial score (nSPS) is 15.5. The molecule has 0 aliphatic carbocycles. The van der Waals surface area contributed by atoms with Gasteiger partial charge in [-0.25, -0.2) is 4.79 Å². The molecule has 7 nitrogen and oxygen atoms in total. The Bertz CT molecular complexity index is 323. The first-order valence-corrected chi connectivity index (χ1v) is 7.50. The molecule has 0 spiro atoms. The van der Waals surface area contributed by atoms with E-state index in [0.717, 1.165) is 0 Å². The van der Waals surface area contributed by atoms with Gasteiger partial charge in [0, 0.05) is 19.0 Å². The number of nitrogens with two attached hydrogens (primary N) is 1. The zero-order chi connectivity index (χ0) is 16.4. The van der Waals surface area contributed by atoms with Gasteiger partial charge in [-0.1, -0.05) is 20.8 Å². The Morgan fingerprint density at radius 2 is 1.90 bits per heavy atom. The van der Waals surface area contributed by atoms with E-state index in [4.69, 9.17) is 5.73 Å². The highest BCUT2D eigenvalue weighted by Gasteiger charge is 2.25. The van der Waals surface area contributed by atoms with Crippen molar-refractivity contribution in [3.8, 4) is 0 Å². The van der Waals surface area contributed by atoms with Crippen molar-refractivity contribution in [3.05, 3.63) is 0 Å². The lowest BCUT2D eigenvalue weighted by atomic mass is 10.00. The number of nitrogens with one attached hydrogen (secondary N) is 3. The minimum Gasteiger partial charge on any atom is -0.377 e. The van der Waals surface area contributed by atoms with Crippen LogP contribution in [0.1, 0.15) is 40.0 Å². The standard InChI is InChI=1S/C14H30N4O3/c1-5-11(19)10(7-6-8-17-14(15)21)18-13(20)12(16-4)9(2)3/h9-10,12-13,16,18,20H,5-8H2,1-4H3,(H3,15,17,21). The average Bonchev–Trinajstić information content (AvgIpc) is 2.41. The van der Waals surface area contributed by atoms with Crippen molar-refractivity contribution in [2.45, 2.75) is 58.3 Å². The molecule has 124 valence electrons. The molecule has 0 rings (SSSR count). The highest BCUT2D eigenvalue weighted by atomic mass is 16.3. The topological polar surface area (TPSA) is 116 Å². The van der Waals surface area contributed by atoms with Crippen molar-refractivity contribution in [2.24, 2.45) is 11.7 Å². The maximum Gasteiger partial charge on any atom is 0.312 e. The molecule has 0 saturated heterocycles. The zero-order valence-corrected chi connectivity index (χ0v) is 13.5. The van der Waals surface area contributed by atoms with E-state index in [-0.39, 0.29) is 17.7 Å². The number of ketones is 1. The number of carbonyl (C=O) groups is 2. The van der Waals surface area contributed by atoms with Crippen molar-refractivity contribution in [1.29, 1.82) is 0 Å². The molecule has 0 fully saturated rings. The fraction of sp³-hybridized carbons (Fsp3) is 0.857. The summed E-state index contributed by atoms with van der Waals surface area (Å²) in [5.74, 6) is 0.276. The number of carbonyl (C=O) groups excluding carboxylic acids is 2. The van der Waals surface area contributed by atoms with Crippen LogP contribution < -0.4 is 21.7 Å². The number of amides is 2. The lowest BCUT2D eigenvalue weighted by Gasteiger charge is -2.30. The minimum absolute atomic E-state index is 0.0479. The van der Waals surface area contributed by atoms with Crippen molar-refractivity contribution in [3.63, 3.8) is 0 Å². The van der Waals surface area contributed by atoms with E-state index in [9.17, 15) is 14.7 Å².